The second-order valence-electron chi connectivity index (χ2n) is 6.17. The number of esters is 1. The molecule has 6 heteroatoms. The van der Waals surface area contributed by atoms with E-state index in [0.29, 0.717) is 18.6 Å². The predicted molar refractivity (Wildman–Crippen MR) is 79.0 cm³/mol. The summed E-state index contributed by atoms with van der Waals surface area (Å²) in [5.74, 6) is -0.446. The molecule has 0 aliphatic carbocycles. The van der Waals surface area contributed by atoms with Crippen LogP contribution in [0.5, 0.6) is 0 Å². The van der Waals surface area contributed by atoms with E-state index in [0.717, 1.165) is 12.5 Å². The molecule has 0 saturated carbocycles. The van der Waals surface area contributed by atoms with Gasteiger partial charge in [-0.05, 0) is 0 Å². The molecule has 1 heterocycles. The van der Waals surface area contributed by atoms with Gasteiger partial charge in [-0.1, -0.05) is 0 Å². The number of hydrogen-bond donors (Lipinski definition) is 0. The van der Waals surface area contributed by atoms with Crippen molar-refractivity contribution < 1.29 is 36.5 Å². The van der Waals surface area contributed by atoms with Crippen molar-refractivity contribution >= 4 is 5.97 Å². The van der Waals surface area contributed by atoms with Crippen molar-refractivity contribution in [2.24, 2.45) is 10.8 Å². The SMILES string of the molecule is C=CC(=O)OCC1(CC)COC(C(C)(C)[CH2][Co](=[O])[CH]=C)OC1. The molecule has 22 heavy (non-hydrogen) atoms. The van der Waals surface area contributed by atoms with E-state index < -0.39 is 25.8 Å². The molecule has 0 aromatic heterocycles. The van der Waals surface area contributed by atoms with Crippen LogP contribution in [0.25, 0.3) is 0 Å². The van der Waals surface area contributed by atoms with Crippen molar-refractivity contribution in [3.05, 3.63) is 24.2 Å². The normalized spacial score (nSPS) is 26.1. The van der Waals surface area contributed by atoms with Crippen LogP contribution in [0.1, 0.15) is 27.2 Å². The maximum absolute atomic E-state index is 11.7. The second-order valence-corrected chi connectivity index (χ2v) is 7.94. The Morgan fingerprint density at radius 1 is 1.41 bits per heavy atom. The first-order chi connectivity index (χ1) is 10.3. The van der Waals surface area contributed by atoms with Crippen LogP contribution in [0.3, 0.4) is 0 Å². The third kappa shape index (κ3) is 5.12. The van der Waals surface area contributed by atoms with Crippen LogP contribution in [0.15, 0.2) is 24.2 Å². The molecular formula is C16H26CoO5. The summed E-state index contributed by atoms with van der Waals surface area (Å²) in [6.45, 7) is 14.0. The van der Waals surface area contributed by atoms with Crippen LogP contribution in [-0.2, 0) is 36.5 Å². The molecule has 1 fully saturated rings. The van der Waals surface area contributed by atoms with Crippen molar-refractivity contribution in [3.63, 3.8) is 0 Å². The van der Waals surface area contributed by atoms with Crippen LogP contribution in [0, 0.1) is 10.8 Å². The van der Waals surface area contributed by atoms with E-state index in [1.54, 1.807) is 0 Å². The van der Waals surface area contributed by atoms with Gasteiger partial charge in [0, 0.05) is 0 Å². The van der Waals surface area contributed by atoms with Crippen LogP contribution in [0.2, 0.25) is 5.36 Å². The molecule has 0 bridgehead atoms. The molecule has 0 N–H and O–H groups in total. The van der Waals surface area contributed by atoms with E-state index in [1.165, 1.54) is 5.01 Å². The first-order valence-electron chi connectivity index (χ1n) is 7.18. The van der Waals surface area contributed by atoms with Crippen LogP contribution >= 0.6 is 0 Å². The van der Waals surface area contributed by atoms with E-state index >= 15 is 0 Å². The van der Waals surface area contributed by atoms with Crippen molar-refractivity contribution in [2.75, 3.05) is 19.8 Å². The zero-order chi connectivity index (χ0) is 16.8. The van der Waals surface area contributed by atoms with Gasteiger partial charge in [-0.2, -0.15) is 0 Å². The molecule has 5 nitrogen and oxygen atoms in total. The van der Waals surface area contributed by atoms with Crippen LogP contribution in [-0.4, -0.2) is 32.1 Å². The van der Waals surface area contributed by atoms with Crippen molar-refractivity contribution in [1.82, 2.24) is 0 Å². The van der Waals surface area contributed by atoms with Gasteiger partial charge < -0.3 is 0 Å². The molecule has 0 aromatic rings. The van der Waals surface area contributed by atoms with E-state index in [9.17, 15) is 8.66 Å². The van der Waals surface area contributed by atoms with Gasteiger partial charge in [-0.3, -0.25) is 0 Å². The monoisotopic (exact) mass is 357 g/mol. The first-order valence-corrected chi connectivity index (χ1v) is 8.94. The van der Waals surface area contributed by atoms with Crippen molar-refractivity contribution in [1.29, 1.82) is 0 Å². The summed E-state index contributed by atoms with van der Waals surface area (Å²) < 4.78 is 28.6. The molecule has 129 valence electrons. The van der Waals surface area contributed by atoms with Gasteiger partial charge in [0.25, 0.3) is 0 Å². The summed E-state index contributed by atoms with van der Waals surface area (Å²) in [6.07, 6.45) is 1.48. The third-order valence-corrected chi connectivity index (χ3v) is 5.51. The summed E-state index contributed by atoms with van der Waals surface area (Å²) in [5.41, 5.74) is -0.718. The Kier molecular flexibility index (Phi) is 7.12. The van der Waals surface area contributed by atoms with Crippen LogP contribution in [0.4, 0.5) is 0 Å². The molecule has 1 aliphatic rings. The van der Waals surface area contributed by atoms with E-state index in [-0.39, 0.29) is 17.4 Å². The summed E-state index contributed by atoms with van der Waals surface area (Å²) in [5, 5.41) is 1.92. The maximum atomic E-state index is 11.7. The van der Waals surface area contributed by atoms with Crippen molar-refractivity contribution in [2.45, 2.75) is 38.8 Å². The summed E-state index contributed by atoms with van der Waals surface area (Å²) in [7, 11) is 0. The Balaban J connectivity index is 2.62. The average molecular weight is 357 g/mol. The molecule has 0 unspecified atom stereocenters. The zero-order valence-corrected chi connectivity index (χ0v) is 14.6. The first kappa shape index (κ1) is 19.2. The van der Waals surface area contributed by atoms with Crippen LogP contribution < -0.4 is 0 Å². The number of hydrogen-bond acceptors (Lipinski definition) is 5. The second kappa shape index (κ2) is 8.15. The van der Waals surface area contributed by atoms with Gasteiger partial charge in [-0.25, -0.2) is 0 Å². The zero-order valence-electron chi connectivity index (χ0n) is 13.6. The predicted octanol–water partition coefficient (Wildman–Crippen LogP) is 3.04. The summed E-state index contributed by atoms with van der Waals surface area (Å²) in [6, 6.07) is 0. The Morgan fingerprint density at radius 2 is 2.00 bits per heavy atom. The van der Waals surface area contributed by atoms with E-state index in [2.05, 4.69) is 13.2 Å². The molecular weight excluding hydrogens is 331 g/mol. The van der Waals surface area contributed by atoms with Crippen molar-refractivity contribution in [3.8, 4) is 0 Å². The Bertz CT molecular complexity index is 436. The third-order valence-electron chi connectivity index (χ3n) is 3.73. The molecule has 1 rings (SSSR count). The number of rotatable bonds is 8. The average Bonchev–Trinajstić information content (AvgIpc) is 2.52. The number of carbonyl (C=O) groups excluding carboxylic acids is 1. The molecule has 0 spiro atoms. The van der Waals surface area contributed by atoms with Gasteiger partial charge in [0.05, 0.1) is 0 Å². The Labute approximate surface area is 136 Å². The van der Waals surface area contributed by atoms with E-state index in [1.807, 2.05) is 20.8 Å². The fraction of sp³-hybridized carbons (Fsp3) is 0.688. The molecule has 1 saturated heterocycles. The molecule has 0 radical (unpaired) electrons. The molecule has 0 atom stereocenters. The summed E-state index contributed by atoms with van der Waals surface area (Å²) in [4.78, 5) is 11.2. The van der Waals surface area contributed by atoms with E-state index in [4.69, 9.17) is 14.2 Å². The summed E-state index contributed by atoms with van der Waals surface area (Å²) >= 11 is -1.44. The number of ether oxygens (including phenoxy) is 3. The fourth-order valence-corrected chi connectivity index (χ4v) is 3.38. The fourth-order valence-electron chi connectivity index (χ4n) is 2.12. The van der Waals surface area contributed by atoms with Gasteiger partial charge in [-0.15, -0.1) is 0 Å². The minimum atomic E-state index is -1.44. The Hall–Kier alpha value is -0.824. The number of carbonyl (C=O) groups is 1. The molecule has 1 aliphatic heterocycles. The minimum absolute atomic E-state index is 0.238. The van der Waals surface area contributed by atoms with Gasteiger partial charge in [0.2, 0.25) is 0 Å². The topological polar surface area (TPSA) is 61.8 Å². The quantitative estimate of drug-likeness (QED) is 0.494. The standard InChI is InChI=1S/C14H23O4.C2H3.Co.O/c1-6-11(15)16-8-14(7-2)9-17-12(18-10-14)13(3,4)5;1-2;;/h6,12H,1,3,7-10H2,2,4-5H3;1H,2H2;;. The van der Waals surface area contributed by atoms with Gasteiger partial charge in [0.1, 0.15) is 0 Å². The van der Waals surface area contributed by atoms with Gasteiger partial charge in [0.15, 0.2) is 0 Å². The molecule has 0 aromatic carbocycles. The van der Waals surface area contributed by atoms with Gasteiger partial charge >= 0.3 is 136 Å². The molecule has 0 amide bonds. The Morgan fingerprint density at radius 3 is 2.45 bits per heavy atom.